The summed E-state index contributed by atoms with van der Waals surface area (Å²) >= 11 is 1.55. The van der Waals surface area contributed by atoms with E-state index in [0.717, 1.165) is 0 Å². The van der Waals surface area contributed by atoms with Gasteiger partial charge in [-0.2, -0.15) is 0 Å². The lowest BCUT2D eigenvalue weighted by Gasteiger charge is -2.24. The van der Waals surface area contributed by atoms with Gasteiger partial charge in [-0.3, -0.25) is 0 Å². The van der Waals surface area contributed by atoms with Gasteiger partial charge >= 0.3 is 0 Å². The number of hydrogen-bond acceptors (Lipinski definition) is 2. The van der Waals surface area contributed by atoms with Gasteiger partial charge in [-0.25, -0.2) is 8.78 Å². The van der Waals surface area contributed by atoms with Crippen LogP contribution < -0.4 is 11.5 Å². The number of nitrogen functional groups attached to an aromatic ring is 2. The Labute approximate surface area is 101 Å². The second-order valence-corrected chi connectivity index (χ2v) is 5.47. The van der Waals surface area contributed by atoms with Gasteiger partial charge in [0.05, 0.1) is 14.9 Å². The zero-order valence-electron chi connectivity index (χ0n) is 8.79. The highest BCUT2D eigenvalue weighted by molar-refractivity contribution is 14.1. The molecule has 0 fully saturated rings. The number of benzene rings is 1. The third-order valence-corrected chi connectivity index (χ3v) is 3.09. The molecule has 0 amide bonds. The first-order valence-electron chi connectivity index (χ1n) is 4.39. The fraction of sp³-hybridized carbons (Fsp3) is 0.400. The Bertz CT molecular complexity index is 382. The smallest absolute Gasteiger partial charge is 0.162 e. The summed E-state index contributed by atoms with van der Waals surface area (Å²) in [7, 11) is 0. The zero-order chi connectivity index (χ0) is 12.0. The Kier molecular flexibility index (Phi) is 3.14. The molecule has 0 aromatic heterocycles. The SMILES string of the molecule is CC(C)(C)c1c(N)c(F)c(I)c(F)c1N. The van der Waals surface area contributed by atoms with E-state index < -0.39 is 17.0 Å². The van der Waals surface area contributed by atoms with E-state index in [0.29, 0.717) is 5.56 Å². The van der Waals surface area contributed by atoms with Crippen LogP contribution in [0.5, 0.6) is 0 Å². The molecule has 1 aromatic rings. The lowest BCUT2D eigenvalue weighted by atomic mass is 9.84. The minimum absolute atomic E-state index is 0.0641. The van der Waals surface area contributed by atoms with Crippen LogP contribution in [0.1, 0.15) is 26.3 Å². The highest BCUT2D eigenvalue weighted by Gasteiger charge is 2.27. The van der Waals surface area contributed by atoms with Gasteiger partial charge < -0.3 is 11.5 Å². The second kappa shape index (κ2) is 3.77. The highest BCUT2D eigenvalue weighted by atomic mass is 127. The molecular formula is C10H13F2IN2. The molecule has 84 valence electrons. The average Bonchev–Trinajstić information content (AvgIpc) is 2.09. The van der Waals surface area contributed by atoms with E-state index in [-0.39, 0.29) is 14.9 Å². The minimum Gasteiger partial charge on any atom is -0.396 e. The third-order valence-electron chi connectivity index (χ3n) is 2.15. The van der Waals surface area contributed by atoms with Gasteiger partial charge in [-0.1, -0.05) is 20.8 Å². The average molecular weight is 326 g/mol. The van der Waals surface area contributed by atoms with Crippen LogP contribution in [0.25, 0.3) is 0 Å². The van der Waals surface area contributed by atoms with Crippen molar-refractivity contribution in [2.45, 2.75) is 26.2 Å². The molecule has 1 rings (SSSR count). The van der Waals surface area contributed by atoms with Crippen molar-refractivity contribution in [3.8, 4) is 0 Å². The molecule has 0 atom stereocenters. The minimum atomic E-state index is -0.729. The molecular weight excluding hydrogens is 313 g/mol. The van der Waals surface area contributed by atoms with E-state index >= 15 is 0 Å². The van der Waals surface area contributed by atoms with E-state index in [1.807, 2.05) is 0 Å². The van der Waals surface area contributed by atoms with Gasteiger partial charge in [0.25, 0.3) is 0 Å². The Morgan fingerprint density at radius 3 is 1.60 bits per heavy atom. The summed E-state index contributed by atoms with van der Waals surface area (Å²) in [4.78, 5) is 0. The molecule has 4 N–H and O–H groups in total. The Hall–Kier alpha value is -0.590. The normalized spacial score (nSPS) is 11.9. The van der Waals surface area contributed by atoms with Crippen molar-refractivity contribution in [3.05, 3.63) is 20.8 Å². The van der Waals surface area contributed by atoms with Crippen LogP contribution in [-0.4, -0.2) is 0 Å². The Balaban J connectivity index is 3.68. The topological polar surface area (TPSA) is 52.0 Å². The van der Waals surface area contributed by atoms with Gasteiger partial charge in [0, 0.05) is 5.56 Å². The Morgan fingerprint density at radius 2 is 1.33 bits per heavy atom. The van der Waals surface area contributed by atoms with Crippen LogP contribution in [-0.2, 0) is 5.41 Å². The number of nitrogens with two attached hydrogens (primary N) is 2. The number of anilines is 2. The molecule has 0 radical (unpaired) electrons. The maximum absolute atomic E-state index is 13.5. The summed E-state index contributed by atoms with van der Waals surface area (Å²) in [5.74, 6) is -1.46. The first-order valence-corrected chi connectivity index (χ1v) is 5.47. The fourth-order valence-corrected chi connectivity index (χ4v) is 2.09. The Morgan fingerprint density at radius 1 is 1.00 bits per heavy atom. The lowest BCUT2D eigenvalue weighted by Crippen LogP contribution is -2.20. The molecule has 0 aliphatic rings. The van der Waals surface area contributed by atoms with Crippen LogP contribution in [0.3, 0.4) is 0 Å². The number of rotatable bonds is 0. The predicted molar refractivity (Wildman–Crippen MR) is 66.6 cm³/mol. The molecule has 0 bridgehead atoms. The van der Waals surface area contributed by atoms with Gasteiger partial charge in [0.1, 0.15) is 0 Å². The van der Waals surface area contributed by atoms with Gasteiger partial charge in [-0.05, 0) is 28.0 Å². The third kappa shape index (κ3) is 2.02. The van der Waals surface area contributed by atoms with Gasteiger partial charge in [0.15, 0.2) is 11.6 Å². The van der Waals surface area contributed by atoms with Crippen molar-refractivity contribution in [1.82, 2.24) is 0 Å². The van der Waals surface area contributed by atoms with Crippen LogP contribution in [0.4, 0.5) is 20.2 Å². The molecule has 0 unspecified atom stereocenters. The lowest BCUT2D eigenvalue weighted by molar-refractivity contribution is 0.546. The zero-order valence-corrected chi connectivity index (χ0v) is 10.9. The monoisotopic (exact) mass is 326 g/mol. The van der Waals surface area contributed by atoms with E-state index in [2.05, 4.69) is 0 Å². The maximum Gasteiger partial charge on any atom is 0.162 e. The first-order chi connectivity index (χ1) is 6.68. The van der Waals surface area contributed by atoms with Crippen molar-refractivity contribution in [2.24, 2.45) is 0 Å². The molecule has 1 aromatic carbocycles. The molecule has 0 saturated carbocycles. The van der Waals surface area contributed by atoms with E-state index in [1.54, 1.807) is 43.4 Å². The summed E-state index contributed by atoms with van der Waals surface area (Å²) in [6.45, 7) is 5.42. The molecule has 0 spiro atoms. The molecule has 15 heavy (non-hydrogen) atoms. The van der Waals surface area contributed by atoms with Gasteiger partial charge in [-0.15, -0.1) is 0 Å². The van der Waals surface area contributed by atoms with Crippen molar-refractivity contribution >= 4 is 34.0 Å². The van der Waals surface area contributed by atoms with E-state index in [4.69, 9.17) is 11.5 Å². The van der Waals surface area contributed by atoms with Crippen LogP contribution >= 0.6 is 22.6 Å². The molecule has 0 saturated heterocycles. The molecule has 5 heteroatoms. The molecule has 0 heterocycles. The quantitative estimate of drug-likeness (QED) is 0.437. The van der Waals surface area contributed by atoms with Crippen molar-refractivity contribution in [2.75, 3.05) is 11.5 Å². The van der Waals surface area contributed by atoms with Crippen molar-refractivity contribution in [3.63, 3.8) is 0 Å². The van der Waals surface area contributed by atoms with E-state index in [9.17, 15) is 8.78 Å². The van der Waals surface area contributed by atoms with Crippen molar-refractivity contribution < 1.29 is 8.78 Å². The first kappa shape index (κ1) is 12.5. The van der Waals surface area contributed by atoms with Crippen LogP contribution in [0, 0.1) is 15.2 Å². The summed E-state index contributed by atoms with van der Waals surface area (Å²) in [6, 6.07) is 0. The molecule has 0 aliphatic carbocycles. The largest absolute Gasteiger partial charge is 0.396 e. The molecule has 0 aliphatic heterocycles. The summed E-state index contributed by atoms with van der Waals surface area (Å²) < 4.78 is 26.9. The van der Waals surface area contributed by atoms with E-state index in [1.165, 1.54) is 0 Å². The fourth-order valence-electron chi connectivity index (χ4n) is 1.51. The van der Waals surface area contributed by atoms with Crippen LogP contribution in [0.2, 0.25) is 0 Å². The summed E-state index contributed by atoms with van der Waals surface area (Å²) in [5.41, 5.74) is 10.9. The second-order valence-electron chi connectivity index (χ2n) is 4.39. The van der Waals surface area contributed by atoms with Crippen molar-refractivity contribution in [1.29, 1.82) is 0 Å². The molecule has 2 nitrogen and oxygen atoms in total. The summed E-state index contributed by atoms with van der Waals surface area (Å²) in [6.07, 6.45) is 0. The van der Waals surface area contributed by atoms with Gasteiger partial charge in [0.2, 0.25) is 0 Å². The number of halogens is 3. The predicted octanol–water partition coefficient (Wildman–Crippen LogP) is 3.03. The summed E-state index contributed by atoms with van der Waals surface area (Å²) in [5, 5.41) is 0. The maximum atomic E-state index is 13.5. The standard InChI is InChI=1S/C10H13F2IN2/c1-10(2,3)4-8(14)5(11)7(13)6(12)9(4)15/h14-15H2,1-3H3. The van der Waals surface area contributed by atoms with Crippen LogP contribution in [0.15, 0.2) is 0 Å². The highest BCUT2D eigenvalue weighted by Crippen LogP contribution is 2.38. The number of hydrogen-bond donors (Lipinski definition) is 2.